The van der Waals surface area contributed by atoms with Gasteiger partial charge in [0.1, 0.15) is 6.04 Å². The van der Waals surface area contributed by atoms with E-state index in [9.17, 15) is 9.59 Å². The number of esters is 1. The second-order valence-corrected chi connectivity index (χ2v) is 4.61. The van der Waals surface area contributed by atoms with E-state index in [0.717, 1.165) is 12.8 Å². The molecule has 1 amide bonds. The predicted octanol–water partition coefficient (Wildman–Crippen LogP) is 1.15. The zero-order valence-electron chi connectivity index (χ0n) is 12.0. The number of nitrogens with zero attached hydrogens (tertiary/aromatic N) is 1. The SMILES string of the molecule is CCOC(=O)N1CCC(NC(CC)C(=O)OC)CC1. The Balaban J connectivity index is 2.37. The lowest BCUT2D eigenvalue weighted by Gasteiger charge is -2.33. The topological polar surface area (TPSA) is 67.9 Å². The highest BCUT2D eigenvalue weighted by atomic mass is 16.6. The smallest absolute Gasteiger partial charge is 0.409 e. The van der Waals surface area contributed by atoms with Crippen molar-refractivity contribution in [1.82, 2.24) is 10.2 Å². The van der Waals surface area contributed by atoms with Gasteiger partial charge in [0.15, 0.2) is 0 Å². The average Bonchev–Trinajstić information content (AvgIpc) is 2.44. The third kappa shape index (κ3) is 4.70. The fourth-order valence-corrected chi connectivity index (χ4v) is 2.22. The summed E-state index contributed by atoms with van der Waals surface area (Å²) in [5, 5.41) is 3.29. The van der Waals surface area contributed by atoms with E-state index in [1.54, 1.807) is 11.8 Å². The number of piperidine rings is 1. The van der Waals surface area contributed by atoms with E-state index < -0.39 is 0 Å². The van der Waals surface area contributed by atoms with E-state index in [1.165, 1.54) is 7.11 Å². The Hall–Kier alpha value is -1.30. The van der Waals surface area contributed by atoms with Crippen molar-refractivity contribution in [1.29, 1.82) is 0 Å². The van der Waals surface area contributed by atoms with Gasteiger partial charge >= 0.3 is 12.1 Å². The van der Waals surface area contributed by atoms with Crippen molar-refractivity contribution in [3.63, 3.8) is 0 Å². The first kappa shape index (κ1) is 15.8. The third-order valence-electron chi connectivity index (χ3n) is 3.35. The Kier molecular flexibility index (Phi) is 6.62. The summed E-state index contributed by atoms with van der Waals surface area (Å²) in [5.74, 6) is -0.227. The first-order valence-electron chi connectivity index (χ1n) is 6.87. The van der Waals surface area contributed by atoms with Crippen molar-refractivity contribution >= 4 is 12.1 Å². The molecule has 1 aliphatic rings. The van der Waals surface area contributed by atoms with Crippen molar-refractivity contribution < 1.29 is 19.1 Å². The van der Waals surface area contributed by atoms with Crippen LogP contribution < -0.4 is 5.32 Å². The third-order valence-corrected chi connectivity index (χ3v) is 3.35. The molecule has 1 fully saturated rings. The normalized spacial score (nSPS) is 17.9. The fraction of sp³-hybridized carbons (Fsp3) is 0.846. The van der Waals surface area contributed by atoms with Crippen LogP contribution in [-0.4, -0.2) is 55.9 Å². The summed E-state index contributed by atoms with van der Waals surface area (Å²) in [6, 6.07) is -0.0149. The number of ether oxygens (including phenoxy) is 2. The molecule has 6 heteroatoms. The van der Waals surface area contributed by atoms with Crippen molar-refractivity contribution in [2.75, 3.05) is 26.8 Å². The number of nitrogens with one attached hydrogen (secondary N) is 1. The number of amides is 1. The largest absolute Gasteiger partial charge is 0.468 e. The number of rotatable bonds is 5. The van der Waals surface area contributed by atoms with Crippen molar-refractivity contribution in [2.45, 2.75) is 45.2 Å². The van der Waals surface area contributed by atoms with E-state index >= 15 is 0 Å². The molecule has 19 heavy (non-hydrogen) atoms. The summed E-state index contributed by atoms with van der Waals surface area (Å²) < 4.78 is 9.72. The lowest BCUT2D eigenvalue weighted by Crippen LogP contribution is -2.50. The van der Waals surface area contributed by atoms with E-state index in [0.29, 0.717) is 26.1 Å². The zero-order chi connectivity index (χ0) is 14.3. The number of hydrogen-bond acceptors (Lipinski definition) is 5. The summed E-state index contributed by atoms with van der Waals surface area (Å²) in [5.41, 5.74) is 0. The maximum Gasteiger partial charge on any atom is 0.409 e. The number of hydrogen-bond donors (Lipinski definition) is 1. The summed E-state index contributed by atoms with van der Waals surface area (Å²) in [6.07, 6.45) is 2.10. The maximum atomic E-state index is 11.5. The summed E-state index contributed by atoms with van der Waals surface area (Å²) in [6.45, 7) is 5.47. The van der Waals surface area contributed by atoms with Crippen LogP contribution in [0, 0.1) is 0 Å². The summed E-state index contributed by atoms with van der Waals surface area (Å²) >= 11 is 0. The fourth-order valence-electron chi connectivity index (χ4n) is 2.22. The van der Waals surface area contributed by atoms with Crippen LogP contribution in [0.5, 0.6) is 0 Å². The monoisotopic (exact) mass is 272 g/mol. The molecular weight excluding hydrogens is 248 g/mol. The van der Waals surface area contributed by atoms with E-state index in [2.05, 4.69) is 5.32 Å². The minimum atomic E-state index is -0.260. The summed E-state index contributed by atoms with van der Waals surface area (Å²) in [7, 11) is 1.40. The molecule has 0 radical (unpaired) electrons. The van der Waals surface area contributed by atoms with Gasteiger partial charge in [-0.15, -0.1) is 0 Å². The average molecular weight is 272 g/mol. The minimum Gasteiger partial charge on any atom is -0.468 e. The van der Waals surface area contributed by atoms with Gasteiger partial charge in [-0.05, 0) is 26.2 Å². The summed E-state index contributed by atoms with van der Waals surface area (Å²) in [4.78, 5) is 24.8. The Morgan fingerprint density at radius 3 is 2.42 bits per heavy atom. The number of carbonyl (C=O) groups excluding carboxylic acids is 2. The highest BCUT2D eigenvalue weighted by Crippen LogP contribution is 2.13. The van der Waals surface area contributed by atoms with Crippen LogP contribution in [0.4, 0.5) is 4.79 Å². The second kappa shape index (κ2) is 7.99. The molecular formula is C13H24N2O4. The molecule has 6 nitrogen and oxygen atoms in total. The number of likely N-dealkylation sites (tertiary alicyclic amines) is 1. The molecule has 0 aromatic rings. The predicted molar refractivity (Wildman–Crippen MR) is 70.8 cm³/mol. The minimum absolute atomic E-state index is 0.227. The molecule has 1 saturated heterocycles. The molecule has 110 valence electrons. The second-order valence-electron chi connectivity index (χ2n) is 4.61. The Morgan fingerprint density at radius 1 is 1.32 bits per heavy atom. The van der Waals surface area contributed by atoms with E-state index in [1.807, 2.05) is 6.92 Å². The van der Waals surface area contributed by atoms with E-state index in [4.69, 9.17) is 9.47 Å². The highest BCUT2D eigenvalue weighted by Gasteiger charge is 2.27. The molecule has 1 atom stereocenters. The highest BCUT2D eigenvalue weighted by molar-refractivity contribution is 5.75. The molecule has 1 aliphatic heterocycles. The zero-order valence-corrected chi connectivity index (χ0v) is 12.0. The molecule has 0 aliphatic carbocycles. The van der Waals surface area contributed by atoms with Crippen LogP contribution in [0.2, 0.25) is 0 Å². The molecule has 0 aromatic heterocycles. The van der Waals surface area contributed by atoms with Gasteiger partial charge in [-0.25, -0.2) is 4.79 Å². The van der Waals surface area contributed by atoms with Crippen molar-refractivity contribution in [3.8, 4) is 0 Å². The van der Waals surface area contributed by atoms with Crippen LogP contribution in [0.25, 0.3) is 0 Å². The van der Waals surface area contributed by atoms with Crippen LogP contribution in [0.3, 0.4) is 0 Å². The Labute approximate surface area is 114 Å². The van der Waals surface area contributed by atoms with Gasteiger partial charge in [-0.1, -0.05) is 6.92 Å². The van der Waals surface area contributed by atoms with Crippen LogP contribution >= 0.6 is 0 Å². The molecule has 1 unspecified atom stereocenters. The molecule has 1 N–H and O–H groups in total. The van der Waals surface area contributed by atoms with Crippen LogP contribution in [0.1, 0.15) is 33.1 Å². The van der Waals surface area contributed by atoms with Crippen LogP contribution in [-0.2, 0) is 14.3 Å². The Morgan fingerprint density at radius 2 is 1.95 bits per heavy atom. The van der Waals surface area contributed by atoms with Gasteiger partial charge in [0.25, 0.3) is 0 Å². The van der Waals surface area contributed by atoms with E-state index in [-0.39, 0.29) is 24.1 Å². The first-order chi connectivity index (χ1) is 9.12. The van der Waals surface area contributed by atoms with Gasteiger partial charge in [-0.2, -0.15) is 0 Å². The molecule has 1 heterocycles. The number of carbonyl (C=O) groups is 2. The lowest BCUT2D eigenvalue weighted by atomic mass is 10.0. The molecule has 0 bridgehead atoms. The van der Waals surface area contributed by atoms with Gasteiger partial charge in [0.05, 0.1) is 13.7 Å². The maximum absolute atomic E-state index is 11.5. The van der Waals surface area contributed by atoms with Gasteiger partial charge in [0, 0.05) is 19.1 Å². The molecule has 0 saturated carbocycles. The quantitative estimate of drug-likeness (QED) is 0.760. The number of methoxy groups -OCH3 is 1. The molecule has 0 aromatic carbocycles. The van der Waals surface area contributed by atoms with Gasteiger partial charge in [-0.3, -0.25) is 4.79 Å². The van der Waals surface area contributed by atoms with Gasteiger partial charge < -0.3 is 19.7 Å². The van der Waals surface area contributed by atoms with Crippen molar-refractivity contribution in [2.24, 2.45) is 0 Å². The molecule has 1 rings (SSSR count). The van der Waals surface area contributed by atoms with Gasteiger partial charge in [0.2, 0.25) is 0 Å². The Bertz CT molecular complexity index is 301. The first-order valence-corrected chi connectivity index (χ1v) is 6.87. The molecule has 0 spiro atoms. The lowest BCUT2D eigenvalue weighted by molar-refractivity contribution is -0.143. The van der Waals surface area contributed by atoms with Crippen molar-refractivity contribution in [3.05, 3.63) is 0 Å². The van der Waals surface area contributed by atoms with Crippen LogP contribution in [0.15, 0.2) is 0 Å². The standard InChI is InChI=1S/C13H24N2O4/c1-4-11(12(16)18-3)14-10-6-8-15(9-7-10)13(17)19-5-2/h10-11,14H,4-9H2,1-3H3.